The predicted molar refractivity (Wildman–Crippen MR) is 179 cm³/mol. The quantitative estimate of drug-likeness (QED) is 0.156. The molecule has 238 valence electrons. The highest BCUT2D eigenvalue weighted by molar-refractivity contribution is 5.98. The van der Waals surface area contributed by atoms with E-state index < -0.39 is 23.1 Å². The van der Waals surface area contributed by atoms with Crippen molar-refractivity contribution < 1.29 is 19.1 Å². The molecule has 2 atom stereocenters. The van der Waals surface area contributed by atoms with Crippen LogP contribution in [0.1, 0.15) is 89.0 Å². The van der Waals surface area contributed by atoms with Gasteiger partial charge in [0, 0.05) is 41.2 Å². The highest BCUT2D eigenvalue weighted by atomic mass is 16.7. The van der Waals surface area contributed by atoms with Gasteiger partial charge in [0.2, 0.25) is 5.91 Å². The molecule has 0 spiro atoms. The second-order valence-electron chi connectivity index (χ2n) is 13.3. The minimum absolute atomic E-state index is 0.194. The number of carbonyl (C=O) groups is 2. The molecule has 8 heteroatoms. The highest BCUT2D eigenvalue weighted by Gasteiger charge is 2.48. The maximum atomic E-state index is 14.6. The summed E-state index contributed by atoms with van der Waals surface area (Å²) in [6.45, 7) is 14.3. The van der Waals surface area contributed by atoms with Gasteiger partial charge >= 0.3 is 6.03 Å². The first kappa shape index (κ1) is 32.3. The zero-order chi connectivity index (χ0) is 32.4. The number of fused-ring (bicyclic) bond motifs is 1. The predicted octanol–water partition coefficient (Wildman–Crippen LogP) is 7.68. The topological polar surface area (TPSA) is 104 Å². The first-order chi connectivity index (χ1) is 21.3. The van der Waals surface area contributed by atoms with Gasteiger partial charge in [-0.05, 0) is 55.4 Å². The largest absolute Gasteiger partial charge is 0.361 e. The van der Waals surface area contributed by atoms with E-state index >= 15 is 0 Å². The second-order valence-corrected chi connectivity index (χ2v) is 13.3. The van der Waals surface area contributed by atoms with Crippen molar-refractivity contribution in [1.82, 2.24) is 15.6 Å². The zero-order valence-electron chi connectivity index (χ0n) is 27.4. The molecule has 1 aliphatic rings. The van der Waals surface area contributed by atoms with Crippen LogP contribution in [-0.4, -0.2) is 34.9 Å². The van der Waals surface area contributed by atoms with Crippen LogP contribution in [0.2, 0.25) is 0 Å². The summed E-state index contributed by atoms with van der Waals surface area (Å²) in [5, 5.41) is 10.5. The minimum Gasteiger partial charge on any atom is -0.361 e. The van der Waals surface area contributed by atoms with Gasteiger partial charge in [0.1, 0.15) is 5.54 Å². The van der Waals surface area contributed by atoms with Crippen LogP contribution in [0.3, 0.4) is 0 Å². The number of H-pyrrole nitrogens is 1. The van der Waals surface area contributed by atoms with Gasteiger partial charge in [-0.3, -0.25) is 4.79 Å². The van der Waals surface area contributed by atoms with Gasteiger partial charge in [-0.25, -0.2) is 4.79 Å². The summed E-state index contributed by atoms with van der Waals surface area (Å²) in [5.41, 5.74) is 3.02. The summed E-state index contributed by atoms with van der Waals surface area (Å²) < 4.78 is 12.4. The lowest BCUT2D eigenvalue weighted by Crippen LogP contribution is -2.65. The van der Waals surface area contributed by atoms with Crippen LogP contribution in [0.4, 0.5) is 10.5 Å². The van der Waals surface area contributed by atoms with Crippen LogP contribution >= 0.6 is 0 Å². The molecular weight excluding hydrogens is 564 g/mol. The van der Waals surface area contributed by atoms with Crippen LogP contribution in [0.25, 0.3) is 10.9 Å². The lowest BCUT2D eigenvalue weighted by molar-refractivity contribution is -0.322. The molecule has 0 saturated carbocycles. The Morgan fingerprint density at radius 3 is 2.20 bits per heavy atom. The van der Waals surface area contributed by atoms with Gasteiger partial charge < -0.3 is 30.4 Å². The normalized spacial score (nSPS) is 19.3. The number of benzene rings is 3. The van der Waals surface area contributed by atoms with E-state index in [0.29, 0.717) is 13.0 Å². The van der Waals surface area contributed by atoms with E-state index in [4.69, 9.17) is 9.47 Å². The molecule has 0 bridgehead atoms. The average molecular weight is 611 g/mol. The van der Waals surface area contributed by atoms with Crippen molar-refractivity contribution in [1.29, 1.82) is 0 Å². The number of hydrogen-bond acceptors (Lipinski definition) is 4. The Morgan fingerprint density at radius 1 is 0.911 bits per heavy atom. The van der Waals surface area contributed by atoms with Crippen molar-refractivity contribution in [2.75, 3.05) is 11.9 Å². The molecule has 2 heterocycles. The standard InChI is InChI=1S/C37H46N4O4/c1-24(2)28-17-13-18-29(25(3)4)32(28)39-34(43)41-36(7,22-26-23-38-31-19-12-11-16-30(26)31)33(42)40-37(27-14-9-8-10-15-27)20-21-44-35(5,6)45-37/h8-19,23-25,38H,20-22H2,1-7H3,(H,40,42)(H2,39,41,43). The fourth-order valence-corrected chi connectivity index (χ4v) is 6.26. The number of para-hydroxylation sites is 2. The van der Waals surface area contributed by atoms with Crippen LogP contribution in [-0.2, 0) is 26.4 Å². The van der Waals surface area contributed by atoms with Crippen molar-refractivity contribution in [3.05, 3.63) is 101 Å². The van der Waals surface area contributed by atoms with E-state index in [1.165, 1.54) is 0 Å². The summed E-state index contributed by atoms with van der Waals surface area (Å²) >= 11 is 0. The first-order valence-electron chi connectivity index (χ1n) is 15.8. The van der Waals surface area contributed by atoms with Crippen molar-refractivity contribution in [2.45, 2.75) is 90.2 Å². The summed E-state index contributed by atoms with van der Waals surface area (Å²) in [5.74, 6) is -0.919. The molecule has 4 N–H and O–H groups in total. The number of aromatic nitrogens is 1. The molecule has 1 aromatic heterocycles. The molecule has 4 aromatic rings. The molecule has 3 amide bonds. The van der Waals surface area contributed by atoms with E-state index in [2.05, 4.69) is 48.6 Å². The zero-order valence-corrected chi connectivity index (χ0v) is 27.4. The lowest BCUT2D eigenvalue weighted by Gasteiger charge is -2.47. The Bertz CT molecular complexity index is 1640. The third-order valence-corrected chi connectivity index (χ3v) is 8.60. The third kappa shape index (κ3) is 6.92. The number of urea groups is 1. The Hall–Kier alpha value is -4.14. The smallest absolute Gasteiger partial charge is 0.320 e. The average Bonchev–Trinajstić information content (AvgIpc) is 3.39. The minimum atomic E-state index is -1.37. The third-order valence-electron chi connectivity index (χ3n) is 8.60. The molecule has 1 aliphatic heterocycles. The maximum Gasteiger partial charge on any atom is 0.320 e. The van der Waals surface area contributed by atoms with E-state index in [1.807, 2.05) is 92.8 Å². The van der Waals surface area contributed by atoms with Gasteiger partial charge in [0.05, 0.1) is 6.61 Å². The number of amides is 3. The molecule has 2 unspecified atom stereocenters. The van der Waals surface area contributed by atoms with E-state index in [1.54, 1.807) is 6.92 Å². The van der Waals surface area contributed by atoms with Crippen molar-refractivity contribution in [2.24, 2.45) is 0 Å². The summed E-state index contributed by atoms with van der Waals surface area (Å²) in [4.78, 5) is 31.9. The monoisotopic (exact) mass is 610 g/mol. The summed E-state index contributed by atoms with van der Waals surface area (Å²) in [6.07, 6.45) is 2.55. The Kier molecular flexibility index (Phi) is 9.10. The van der Waals surface area contributed by atoms with Crippen LogP contribution in [0.15, 0.2) is 79.0 Å². The van der Waals surface area contributed by atoms with Crippen molar-refractivity contribution >= 4 is 28.5 Å². The number of hydrogen-bond donors (Lipinski definition) is 4. The molecule has 0 aliphatic carbocycles. The van der Waals surface area contributed by atoms with Crippen LogP contribution < -0.4 is 16.0 Å². The number of anilines is 1. The van der Waals surface area contributed by atoms with Crippen LogP contribution in [0.5, 0.6) is 0 Å². The molecule has 45 heavy (non-hydrogen) atoms. The molecule has 8 nitrogen and oxygen atoms in total. The SMILES string of the molecule is CC(C)c1cccc(C(C)C)c1NC(=O)NC(C)(Cc1c[nH]c2ccccc12)C(=O)NC1(c2ccccc2)CCOC(C)(C)O1. The van der Waals surface area contributed by atoms with Gasteiger partial charge in [-0.1, -0.05) is 94.4 Å². The molecule has 1 saturated heterocycles. The highest BCUT2D eigenvalue weighted by Crippen LogP contribution is 2.38. The number of rotatable bonds is 9. The lowest BCUT2D eigenvalue weighted by atomic mass is 9.89. The van der Waals surface area contributed by atoms with Crippen molar-refractivity contribution in [3.63, 3.8) is 0 Å². The number of ether oxygens (including phenoxy) is 2. The Labute approximate surface area is 266 Å². The van der Waals surface area contributed by atoms with E-state index in [-0.39, 0.29) is 24.2 Å². The van der Waals surface area contributed by atoms with Gasteiger partial charge in [-0.15, -0.1) is 0 Å². The second kappa shape index (κ2) is 12.7. The maximum absolute atomic E-state index is 14.6. The van der Waals surface area contributed by atoms with E-state index in [9.17, 15) is 9.59 Å². The molecule has 0 radical (unpaired) electrons. The Morgan fingerprint density at radius 2 is 1.56 bits per heavy atom. The number of carbonyl (C=O) groups excluding carboxylic acids is 2. The molecule has 3 aromatic carbocycles. The number of aromatic amines is 1. The van der Waals surface area contributed by atoms with E-state index in [0.717, 1.165) is 38.8 Å². The fraction of sp³-hybridized carbons (Fsp3) is 0.405. The first-order valence-corrected chi connectivity index (χ1v) is 15.8. The fourth-order valence-electron chi connectivity index (χ4n) is 6.26. The molecular formula is C37H46N4O4. The number of nitrogens with one attached hydrogen (secondary N) is 4. The molecule has 5 rings (SSSR count). The summed E-state index contributed by atoms with van der Waals surface area (Å²) in [7, 11) is 0. The molecule has 1 fully saturated rings. The Balaban J connectivity index is 1.52. The van der Waals surface area contributed by atoms with Gasteiger partial charge in [0.25, 0.3) is 0 Å². The van der Waals surface area contributed by atoms with Gasteiger partial charge in [0.15, 0.2) is 11.5 Å². The van der Waals surface area contributed by atoms with Gasteiger partial charge in [-0.2, -0.15) is 0 Å². The van der Waals surface area contributed by atoms with Crippen LogP contribution in [0, 0.1) is 0 Å². The summed E-state index contributed by atoms with van der Waals surface area (Å²) in [6, 6.07) is 23.2. The van der Waals surface area contributed by atoms with Crippen molar-refractivity contribution in [3.8, 4) is 0 Å².